The molecule has 146 valence electrons. The third-order valence-corrected chi connectivity index (χ3v) is 4.15. The lowest BCUT2D eigenvalue weighted by Crippen LogP contribution is -2.38. The number of aromatic nitrogens is 1. The molecule has 0 saturated carbocycles. The Kier molecular flexibility index (Phi) is 6.31. The molecule has 0 unspecified atom stereocenters. The number of rotatable bonds is 4. The van der Waals surface area contributed by atoms with E-state index in [9.17, 15) is 14.0 Å². The normalized spacial score (nSPS) is 11.4. The van der Waals surface area contributed by atoms with Gasteiger partial charge < -0.3 is 9.30 Å². The van der Waals surface area contributed by atoms with Crippen molar-refractivity contribution in [3.05, 3.63) is 51.5 Å². The predicted molar refractivity (Wildman–Crippen MR) is 106 cm³/mol. The summed E-state index contributed by atoms with van der Waals surface area (Å²) < 4.78 is 20.4. The van der Waals surface area contributed by atoms with Crippen molar-refractivity contribution in [1.82, 2.24) is 4.57 Å². The molecule has 0 N–H and O–H groups in total. The Bertz CT molecular complexity index is 886. The first-order chi connectivity index (χ1) is 12.6. The highest BCUT2D eigenvalue weighted by Gasteiger charge is 2.27. The van der Waals surface area contributed by atoms with Gasteiger partial charge >= 0.3 is 6.09 Å². The van der Waals surface area contributed by atoms with Gasteiger partial charge in [0, 0.05) is 18.7 Å². The van der Waals surface area contributed by atoms with Gasteiger partial charge in [0.25, 0.3) is 5.56 Å². The van der Waals surface area contributed by atoms with Crippen LogP contribution in [0.3, 0.4) is 0 Å². The summed E-state index contributed by atoms with van der Waals surface area (Å²) in [6.07, 6.45) is -0.550. The maximum atomic E-state index is 13.4. The lowest BCUT2D eigenvalue weighted by Gasteiger charge is -2.29. The number of carbonyl (C=O) groups excluding carboxylic acids is 1. The van der Waals surface area contributed by atoms with Crippen LogP contribution in [0.1, 0.15) is 34.6 Å². The van der Waals surface area contributed by atoms with Crippen LogP contribution in [-0.4, -0.2) is 22.8 Å². The molecule has 0 saturated heterocycles. The van der Waals surface area contributed by atoms with Gasteiger partial charge in [-0.25, -0.2) is 9.18 Å². The van der Waals surface area contributed by atoms with Crippen molar-refractivity contribution in [2.45, 2.75) is 46.8 Å². The van der Waals surface area contributed by atoms with Crippen LogP contribution in [0.25, 0.3) is 11.3 Å². The Morgan fingerprint density at radius 1 is 1.22 bits per heavy atom. The van der Waals surface area contributed by atoms with Gasteiger partial charge in [-0.1, -0.05) is 11.6 Å². The van der Waals surface area contributed by atoms with E-state index in [-0.39, 0.29) is 16.4 Å². The number of halogens is 2. The maximum absolute atomic E-state index is 13.4. The minimum absolute atomic E-state index is 0.000259. The van der Waals surface area contributed by atoms with Gasteiger partial charge in [-0.3, -0.25) is 9.69 Å². The lowest BCUT2D eigenvalue weighted by atomic mass is 10.1. The van der Waals surface area contributed by atoms with Crippen LogP contribution in [0.4, 0.5) is 14.9 Å². The molecule has 0 fully saturated rings. The molecule has 5 nitrogen and oxygen atoms in total. The van der Waals surface area contributed by atoms with Crippen molar-refractivity contribution >= 4 is 23.4 Å². The number of hydrogen-bond donors (Lipinski definition) is 0. The molecule has 0 aliphatic carbocycles. The van der Waals surface area contributed by atoms with Gasteiger partial charge in [-0.15, -0.1) is 0 Å². The van der Waals surface area contributed by atoms with E-state index in [4.69, 9.17) is 16.3 Å². The van der Waals surface area contributed by atoms with Crippen molar-refractivity contribution in [2.75, 3.05) is 11.4 Å². The molecule has 1 aromatic heterocycles. The zero-order valence-electron chi connectivity index (χ0n) is 16.2. The van der Waals surface area contributed by atoms with Crippen LogP contribution < -0.4 is 10.5 Å². The van der Waals surface area contributed by atoms with E-state index in [0.29, 0.717) is 30.0 Å². The van der Waals surface area contributed by atoms with Crippen LogP contribution in [-0.2, 0) is 11.3 Å². The Labute approximate surface area is 163 Å². The van der Waals surface area contributed by atoms with Gasteiger partial charge in [-0.2, -0.15) is 0 Å². The first-order valence-electron chi connectivity index (χ1n) is 8.78. The number of nitrogens with zero attached hydrogens (tertiary/aromatic N) is 2. The highest BCUT2D eigenvalue weighted by Crippen LogP contribution is 2.33. The number of ether oxygens (including phenoxy) is 1. The van der Waals surface area contributed by atoms with Crippen LogP contribution in [0.2, 0.25) is 5.02 Å². The van der Waals surface area contributed by atoms with E-state index >= 15 is 0 Å². The first-order valence-corrected chi connectivity index (χ1v) is 9.16. The van der Waals surface area contributed by atoms with Gasteiger partial charge in [0.05, 0.1) is 11.4 Å². The fourth-order valence-corrected chi connectivity index (χ4v) is 2.96. The quantitative estimate of drug-likeness (QED) is 0.725. The molecule has 1 aromatic carbocycles. The van der Waals surface area contributed by atoms with Crippen LogP contribution >= 0.6 is 11.6 Å². The molecule has 0 bridgehead atoms. The van der Waals surface area contributed by atoms with Gasteiger partial charge in [-0.05, 0) is 65.0 Å². The monoisotopic (exact) mass is 394 g/mol. The molecule has 2 aromatic rings. The lowest BCUT2D eigenvalue weighted by molar-refractivity contribution is 0.0582. The van der Waals surface area contributed by atoms with Crippen LogP contribution in [0.5, 0.6) is 0 Å². The second kappa shape index (κ2) is 8.13. The zero-order chi connectivity index (χ0) is 20.4. The fraction of sp³-hybridized carbons (Fsp3) is 0.400. The third kappa shape index (κ3) is 4.69. The second-order valence-corrected chi connectivity index (χ2v) is 7.41. The Balaban J connectivity index is 2.74. The summed E-state index contributed by atoms with van der Waals surface area (Å²) in [7, 11) is 0. The smallest absolute Gasteiger partial charge is 0.414 e. The summed E-state index contributed by atoms with van der Waals surface area (Å²) in [5.74, 6) is -0.390. The molecular formula is C20H24ClFN2O3. The number of carbonyl (C=O) groups is 1. The molecule has 2 rings (SSSR count). The summed E-state index contributed by atoms with van der Waals surface area (Å²) in [5.41, 5.74) is 0.472. The van der Waals surface area contributed by atoms with Crippen LogP contribution in [0, 0.1) is 5.82 Å². The molecule has 0 radical (unpaired) electrons. The summed E-state index contributed by atoms with van der Waals surface area (Å²) >= 11 is 6.15. The average molecular weight is 395 g/mol. The van der Waals surface area contributed by atoms with Crippen molar-refractivity contribution in [2.24, 2.45) is 0 Å². The topological polar surface area (TPSA) is 51.5 Å². The fourth-order valence-electron chi connectivity index (χ4n) is 2.75. The standard InChI is InChI=1S/C20H24ClFN2O3/c1-6-23(19(26)27-20(3,4)5)16-12-15(21)18(25)24(7-2)17(16)13-8-10-14(22)11-9-13/h8-12H,6-7H2,1-5H3. The highest BCUT2D eigenvalue weighted by molar-refractivity contribution is 6.30. The minimum Gasteiger partial charge on any atom is -0.443 e. The summed E-state index contributed by atoms with van der Waals surface area (Å²) in [5, 5.41) is -0.000259. The van der Waals surface area contributed by atoms with E-state index in [1.807, 2.05) is 0 Å². The summed E-state index contributed by atoms with van der Waals surface area (Å²) in [6.45, 7) is 9.58. The molecule has 1 amide bonds. The molecule has 0 atom stereocenters. The summed E-state index contributed by atoms with van der Waals surface area (Å²) in [6, 6.07) is 7.21. The van der Waals surface area contributed by atoms with E-state index in [1.54, 1.807) is 46.8 Å². The number of benzene rings is 1. The second-order valence-electron chi connectivity index (χ2n) is 7.01. The largest absolute Gasteiger partial charge is 0.443 e. The van der Waals surface area contributed by atoms with Crippen molar-refractivity contribution < 1.29 is 13.9 Å². The average Bonchev–Trinajstić information content (AvgIpc) is 2.57. The van der Waals surface area contributed by atoms with Gasteiger partial charge in [0.15, 0.2) is 0 Å². The molecule has 0 spiro atoms. The van der Waals surface area contributed by atoms with Gasteiger partial charge in [0.2, 0.25) is 0 Å². The maximum Gasteiger partial charge on any atom is 0.414 e. The van der Waals surface area contributed by atoms with Crippen molar-refractivity contribution in [3.8, 4) is 11.3 Å². The van der Waals surface area contributed by atoms with Crippen molar-refractivity contribution in [1.29, 1.82) is 0 Å². The molecule has 1 heterocycles. The molecular weight excluding hydrogens is 371 g/mol. The predicted octanol–water partition coefficient (Wildman–Crippen LogP) is 5.09. The summed E-state index contributed by atoms with van der Waals surface area (Å²) in [4.78, 5) is 26.7. The Hall–Kier alpha value is -2.34. The minimum atomic E-state index is -0.677. The zero-order valence-corrected chi connectivity index (χ0v) is 16.9. The molecule has 0 aliphatic rings. The van der Waals surface area contributed by atoms with E-state index in [2.05, 4.69) is 0 Å². The number of hydrogen-bond acceptors (Lipinski definition) is 3. The van der Waals surface area contributed by atoms with E-state index in [1.165, 1.54) is 27.7 Å². The highest BCUT2D eigenvalue weighted by atomic mass is 35.5. The molecule has 27 heavy (non-hydrogen) atoms. The Morgan fingerprint density at radius 3 is 2.30 bits per heavy atom. The number of pyridine rings is 1. The van der Waals surface area contributed by atoms with E-state index < -0.39 is 11.7 Å². The van der Waals surface area contributed by atoms with E-state index in [0.717, 1.165) is 0 Å². The SMILES string of the molecule is CCN(C(=O)OC(C)(C)C)c1cc(Cl)c(=O)n(CC)c1-c1ccc(F)cc1. The number of amides is 1. The molecule has 7 heteroatoms. The first kappa shape index (κ1) is 21.0. The third-order valence-electron chi connectivity index (χ3n) is 3.88. The molecule has 0 aliphatic heterocycles. The number of anilines is 1. The van der Waals surface area contributed by atoms with Crippen molar-refractivity contribution in [3.63, 3.8) is 0 Å². The van der Waals surface area contributed by atoms with Gasteiger partial charge in [0.1, 0.15) is 16.4 Å². The van der Waals surface area contributed by atoms with Crippen LogP contribution in [0.15, 0.2) is 35.1 Å². The Morgan fingerprint density at radius 2 is 1.81 bits per heavy atom.